The maximum absolute atomic E-state index is 5.20. The van der Waals surface area contributed by atoms with Crippen molar-refractivity contribution in [1.82, 2.24) is 19.9 Å². The van der Waals surface area contributed by atoms with Gasteiger partial charge in [0.2, 0.25) is 0 Å². The monoisotopic (exact) mass is 742 g/mol. The summed E-state index contributed by atoms with van der Waals surface area (Å²) < 4.78 is 2.50. The summed E-state index contributed by atoms with van der Waals surface area (Å²) in [7, 11) is 0. The fraction of sp³-hybridized carbons (Fsp3) is 0. The number of nitrogens with zero attached hydrogens (tertiary/aromatic N) is 4. The van der Waals surface area contributed by atoms with Gasteiger partial charge in [-0.2, -0.15) is 0 Å². The SMILES string of the molecule is c1ccc(-c2nc(-c3ccc(-c4ccc(-c5nc6ccccc6c6c5sc5ccccc56)cc4)cc3)nc(-c3ccc4ccc5cccc6ccc3c4c56)n2)cc1. The van der Waals surface area contributed by atoms with Crippen molar-refractivity contribution >= 4 is 74.7 Å². The lowest BCUT2D eigenvalue weighted by molar-refractivity contribution is 1.08. The van der Waals surface area contributed by atoms with Gasteiger partial charge in [0.25, 0.3) is 0 Å². The smallest absolute Gasteiger partial charge is 0.164 e. The zero-order valence-electron chi connectivity index (χ0n) is 30.5. The second-order valence-electron chi connectivity index (χ2n) is 14.6. The Morgan fingerprint density at radius 3 is 1.63 bits per heavy atom. The number of thiophene rings is 1. The van der Waals surface area contributed by atoms with Crippen LogP contribution in [0.25, 0.3) is 120 Å². The van der Waals surface area contributed by atoms with Gasteiger partial charge in [-0.25, -0.2) is 19.9 Å². The third-order valence-electron chi connectivity index (χ3n) is 11.3. The average molecular weight is 743 g/mol. The molecule has 0 radical (unpaired) electrons. The minimum atomic E-state index is 0.640. The van der Waals surface area contributed by atoms with Crippen molar-refractivity contribution in [2.24, 2.45) is 0 Å². The van der Waals surface area contributed by atoms with Crippen molar-refractivity contribution < 1.29 is 0 Å². The number of rotatable bonds is 5. The number of hydrogen-bond acceptors (Lipinski definition) is 5. The molecule has 12 rings (SSSR count). The Balaban J connectivity index is 0.937. The van der Waals surface area contributed by atoms with Crippen LogP contribution in [0, 0.1) is 0 Å². The van der Waals surface area contributed by atoms with Crippen LogP contribution in [0.15, 0.2) is 182 Å². The predicted molar refractivity (Wildman–Crippen MR) is 239 cm³/mol. The fourth-order valence-corrected chi connectivity index (χ4v) is 9.76. The van der Waals surface area contributed by atoms with Gasteiger partial charge in [-0.05, 0) is 61.6 Å². The van der Waals surface area contributed by atoms with Crippen molar-refractivity contribution in [1.29, 1.82) is 0 Å². The van der Waals surface area contributed by atoms with Crippen LogP contribution < -0.4 is 0 Å². The van der Waals surface area contributed by atoms with Crippen LogP contribution in [0.2, 0.25) is 0 Å². The van der Waals surface area contributed by atoms with Crippen LogP contribution in [0.1, 0.15) is 0 Å². The lowest BCUT2D eigenvalue weighted by Gasteiger charge is -2.14. The van der Waals surface area contributed by atoms with E-state index in [1.165, 1.54) is 52.5 Å². The van der Waals surface area contributed by atoms with Crippen molar-refractivity contribution in [2.75, 3.05) is 0 Å². The first-order valence-electron chi connectivity index (χ1n) is 19.1. The van der Waals surface area contributed by atoms with E-state index in [1.807, 2.05) is 29.5 Å². The fourth-order valence-electron chi connectivity index (χ4n) is 8.53. The summed E-state index contributed by atoms with van der Waals surface area (Å²) in [5.41, 5.74) is 8.27. The van der Waals surface area contributed by atoms with Crippen LogP contribution in [0.3, 0.4) is 0 Å². The quantitative estimate of drug-likeness (QED) is 0.165. The van der Waals surface area contributed by atoms with E-state index in [4.69, 9.17) is 19.9 Å². The van der Waals surface area contributed by atoms with Crippen molar-refractivity contribution in [3.05, 3.63) is 182 Å². The van der Waals surface area contributed by atoms with E-state index in [2.05, 4.69) is 164 Å². The molecule has 0 amide bonds. The van der Waals surface area contributed by atoms with Crippen LogP contribution >= 0.6 is 11.3 Å². The number of fused-ring (bicyclic) bond motifs is 5. The molecule has 0 aliphatic carbocycles. The lowest BCUT2D eigenvalue weighted by atomic mass is 9.92. The molecule has 9 aromatic carbocycles. The summed E-state index contributed by atoms with van der Waals surface area (Å²) in [6.07, 6.45) is 0. The third-order valence-corrected chi connectivity index (χ3v) is 12.5. The number of hydrogen-bond donors (Lipinski definition) is 0. The van der Waals surface area contributed by atoms with Crippen LogP contribution in [-0.2, 0) is 0 Å². The van der Waals surface area contributed by atoms with Gasteiger partial charge in [-0.15, -0.1) is 11.3 Å². The molecule has 264 valence electrons. The average Bonchev–Trinajstić information content (AvgIpc) is 3.68. The largest absolute Gasteiger partial charge is 0.246 e. The minimum absolute atomic E-state index is 0.640. The Morgan fingerprint density at radius 1 is 0.316 bits per heavy atom. The molecule has 3 aromatic heterocycles. The highest BCUT2D eigenvalue weighted by Crippen LogP contribution is 2.43. The lowest BCUT2D eigenvalue weighted by Crippen LogP contribution is -2.00. The van der Waals surface area contributed by atoms with Crippen molar-refractivity contribution in [3.63, 3.8) is 0 Å². The van der Waals surface area contributed by atoms with Gasteiger partial charge >= 0.3 is 0 Å². The molecule has 0 unspecified atom stereocenters. The van der Waals surface area contributed by atoms with E-state index in [0.29, 0.717) is 17.5 Å². The van der Waals surface area contributed by atoms with E-state index in [9.17, 15) is 0 Å². The summed E-state index contributed by atoms with van der Waals surface area (Å²) in [5, 5.41) is 11.1. The molecule has 0 spiro atoms. The maximum atomic E-state index is 5.20. The first-order chi connectivity index (χ1) is 28.2. The molecule has 0 aliphatic rings. The predicted octanol–water partition coefficient (Wildman–Crippen LogP) is 14.0. The van der Waals surface area contributed by atoms with Gasteiger partial charge in [0, 0.05) is 43.1 Å². The first-order valence-corrected chi connectivity index (χ1v) is 19.9. The normalized spacial score (nSPS) is 11.9. The van der Waals surface area contributed by atoms with Crippen LogP contribution in [0.4, 0.5) is 0 Å². The molecule has 4 nitrogen and oxygen atoms in total. The van der Waals surface area contributed by atoms with Crippen LogP contribution in [-0.4, -0.2) is 19.9 Å². The van der Waals surface area contributed by atoms with Gasteiger partial charge in [0.15, 0.2) is 17.5 Å². The number of benzene rings is 9. The van der Waals surface area contributed by atoms with E-state index in [0.717, 1.165) is 50.0 Å². The maximum Gasteiger partial charge on any atom is 0.164 e. The second kappa shape index (κ2) is 12.6. The van der Waals surface area contributed by atoms with Crippen molar-refractivity contribution in [2.45, 2.75) is 0 Å². The molecule has 57 heavy (non-hydrogen) atoms. The summed E-state index contributed by atoms with van der Waals surface area (Å²) in [6.45, 7) is 0. The highest BCUT2D eigenvalue weighted by molar-refractivity contribution is 7.26. The molecule has 0 aliphatic heterocycles. The Bertz CT molecular complexity index is 3480. The van der Waals surface area contributed by atoms with Gasteiger partial charge in [0.1, 0.15) is 0 Å². The molecular formula is C52H30N4S. The molecule has 0 N–H and O–H groups in total. The molecule has 5 heteroatoms. The Hall–Kier alpha value is -7.34. The molecule has 0 atom stereocenters. The molecule has 0 saturated carbocycles. The summed E-state index contributed by atoms with van der Waals surface area (Å²) in [5.74, 6) is 1.95. The summed E-state index contributed by atoms with van der Waals surface area (Å²) in [6, 6.07) is 64.4. The Kier molecular flexibility index (Phi) is 7.06. The third kappa shape index (κ3) is 5.13. The molecule has 0 saturated heterocycles. The molecule has 0 fully saturated rings. The highest BCUT2D eigenvalue weighted by Gasteiger charge is 2.18. The number of pyridine rings is 1. The Morgan fingerprint density at radius 2 is 0.877 bits per heavy atom. The molecule has 12 aromatic rings. The molecule has 3 heterocycles. The van der Waals surface area contributed by atoms with E-state index < -0.39 is 0 Å². The van der Waals surface area contributed by atoms with Gasteiger partial charge < -0.3 is 0 Å². The Labute approximate surface area is 331 Å². The van der Waals surface area contributed by atoms with E-state index in [1.54, 1.807) is 0 Å². The van der Waals surface area contributed by atoms with Crippen LogP contribution in [0.5, 0.6) is 0 Å². The van der Waals surface area contributed by atoms with E-state index in [-0.39, 0.29) is 0 Å². The number of aromatic nitrogens is 4. The van der Waals surface area contributed by atoms with Gasteiger partial charge in [-0.1, -0.05) is 164 Å². The van der Waals surface area contributed by atoms with Gasteiger partial charge in [-0.3, -0.25) is 0 Å². The van der Waals surface area contributed by atoms with Gasteiger partial charge in [0.05, 0.1) is 15.9 Å². The molecule has 0 bridgehead atoms. The molecular weight excluding hydrogens is 713 g/mol. The minimum Gasteiger partial charge on any atom is -0.246 e. The van der Waals surface area contributed by atoms with E-state index >= 15 is 0 Å². The summed E-state index contributed by atoms with van der Waals surface area (Å²) >= 11 is 1.82. The zero-order valence-corrected chi connectivity index (χ0v) is 31.3. The zero-order chi connectivity index (χ0) is 37.5. The van der Waals surface area contributed by atoms with Crippen molar-refractivity contribution in [3.8, 4) is 56.5 Å². The topological polar surface area (TPSA) is 51.6 Å². The number of para-hydroxylation sites is 1. The summed E-state index contributed by atoms with van der Waals surface area (Å²) in [4.78, 5) is 20.5. The standard InChI is InChI=1S/C52H30N4S/c1-2-9-37(10-3-1)50-54-51(56-52(55-50)40-30-28-35-22-21-33-11-8-12-34-27-29-39(40)46(35)45(33)34)38-25-19-32(20-26-38)31-17-23-36(24-18-31)48-49-47(41-13-4-6-15-43(41)53-48)42-14-5-7-16-44(42)57-49/h1-30H. The highest BCUT2D eigenvalue weighted by atomic mass is 32.1. The second-order valence-corrected chi connectivity index (χ2v) is 15.6. The first kappa shape index (κ1) is 32.0.